The van der Waals surface area contributed by atoms with Gasteiger partial charge in [0.1, 0.15) is 11.8 Å². The molecular weight excluding hydrogens is 382 g/mol. The first-order valence-corrected chi connectivity index (χ1v) is 9.70. The average Bonchev–Trinajstić information content (AvgIpc) is 3.20. The van der Waals surface area contributed by atoms with Gasteiger partial charge in [0.05, 0.1) is 38.5 Å². The molecular formula is C23H23N3O4. The molecule has 0 radical (unpaired) electrons. The second kappa shape index (κ2) is 8.41. The van der Waals surface area contributed by atoms with Gasteiger partial charge in [0.2, 0.25) is 0 Å². The number of benzene rings is 2. The molecule has 30 heavy (non-hydrogen) atoms. The molecule has 1 aliphatic heterocycles. The maximum Gasteiger partial charge on any atom is 0.329 e. The molecule has 0 saturated carbocycles. The van der Waals surface area contributed by atoms with Gasteiger partial charge < -0.3 is 18.9 Å². The molecule has 1 aromatic heterocycles. The third-order valence-corrected chi connectivity index (χ3v) is 5.38. The van der Waals surface area contributed by atoms with E-state index in [9.17, 15) is 9.59 Å². The summed E-state index contributed by atoms with van der Waals surface area (Å²) in [4.78, 5) is 31.7. The van der Waals surface area contributed by atoms with E-state index in [0.717, 1.165) is 22.7 Å². The molecule has 2 aromatic carbocycles. The Balaban J connectivity index is 1.64. The first kappa shape index (κ1) is 19.7. The summed E-state index contributed by atoms with van der Waals surface area (Å²) in [6.07, 6.45) is 2.09. The summed E-state index contributed by atoms with van der Waals surface area (Å²) < 4.78 is 12.2. The van der Waals surface area contributed by atoms with E-state index in [1.807, 2.05) is 47.0 Å². The highest BCUT2D eigenvalue weighted by atomic mass is 16.5. The van der Waals surface area contributed by atoms with Gasteiger partial charge in [-0.3, -0.25) is 4.79 Å². The van der Waals surface area contributed by atoms with Crippen LogP contribution in [0.3, 0.4) is 0 Å². The van der Waals surface area contributed by atoms with Crippen LogP contribution in [0.25, 0.3) is 0 Å². The standard InChI is InChI=1S/C23H23N3O4/c1-29-18-10-8-16(9-11-18)13-25-15-24-19-12-20(23(28)30-2)26(14-21(19)25)22(27)17-6-4-3-5-7-17/h3-11,15,20H,12-14H2,1-2H3. The van der Waals surface area contributed by atoms with Gasteiger partial charge in [0.25, 0.3) is 5.91 Å². The van der Waals surface area contributed by atoms with Crippen molar-refractivity contribution in [2.45, 2.75) is 25.6 Å². The highest BCUT2D eigenvalue weighted by Crippen LogP contribution is 2.26. The lowest BCUT2D eigenvalue weighted by molar-refractivity contribution is -0.146. The zero-order chi connectivity index (χ0) is 21.1. The third kappa shape index (κ3) is 3.78. The number of rotatable bonds is 5. The summed E-state index contributed by atoms with van der Waals surface area (Å²) in [5, 5.41) is 0. The molecule has 0 fully saturated rings. The van der Waals surface area contributed by atoms with Crippen molar-refractivity contribution in [3.05, 3.63) is 83.4 Å². The molecule has 2 heterocycles. The maximum atomic E-state index is 13.2. The van der Waals surface area contributed by atoms with Crippen molar-refractivity contribution in [3.63, 3.8) is 0 Å². The van der Waals surface area contributed by atoms with Crippen molar-refractivity contribution >= 4 is 11.9 Å². The molecule has 4 rings (SSSR count). The SMILES string of the molecule is COC(=O)C1Cc2ncn(Cc3ccc(OC)cc3)c2CN1C(=O)c1ccccc1. The van der Waals surface area contributed by atoms with Crippen LogP contribution in [-0.2, 0) is 29.0 Å². The Morgan fingerprint density at radius 2 is 1.80 bits per heavy atom. The summed E-state index contributed by atoms with van der Waals surface area (Å²) in [6, 6.07) is 16.1. The lowest BCUT2D eigenvalue weighted by atomic mass is 10.0. The number of hydrogen-bond acceptors (Lipinski definition) is 5. The molecule has 7 heteroatoms. The minimum atomic E-state index is -0.695. The number of carbonyl (C=O) groups is 2. The van der Waals surface area contributed by atoms with E-state index in [4.69, 9.17) is 9.47 Å². The van der Waals surface area contributed by atoms with Gasteiger partial charge in [0.15, 0.2) is 0 Å². The van der Waals surface area contributed by atoms with Crippen molar-refractivity contribution < 1.29 is 19.1 Å². The number of methoxy groups -OCH3 is 2. The van der Waals surface area contributed by atoms with Gasteiger partial charge in [0, 0.05) is 18.5 Å². The number of carbonyl (C=O) groups excluding carboxylic acids is 2. The summed E-state index contributed by atoms with van der Waals surface area (Å²) >= 11 is 0. The number of aromatic nitrogens is 2. The monoisotopic (exact) mass is 405 g/mol. The molecule has 3 aromatic rings. The van der Waals surface area contributed by atoms with E-state index in [0.29, 0.717) is 25.1 Å². The molecule has 7 nitrogen and oxygen atoms in total. The number of fused-ring (bicyclic) bond motifs is 1. The predicted molar refractivity (Wildman–Crippen MR) is 110 cm³/mol. The highest BCUT2D eigenvalue weighted by Gasteiger charge is 2.37. The van der Waals surface area contributed by atoms with Crippen LogP contribution in [-0.4, -0.2) is 46.6 Å². The zero-order valence-corrected chi connectivity index (χ0v) is 16.9. The van der Waals surface area contributed by atoms with E-state index in [-0.39, 0.29) is 5.91 Å². The summed E-state index contributed by atoms with van der Waals surface area (Å²) in [7, 11) is 2.97. The largest absolute Gasteiger partial charge is 0.497 e. The summed E-state index contributed by atoms with van der Waals surface area (Å²) in [5.41, 5.74) is 3.37. The van der Waals surface area contributed by atoms with Gasteiger partial charge in [-0.1, -0.05) is 30.3 Å². The lowest BCUT2D eigenvalue weighted by Crippen LogP contribution is -2.49. The highest BCUT2D eigenvalue weighted by molar-refractivity contribution is 5.97. The van der Waals surface area contributed by atoms with Gasteiger partial charge in [-0.15, -0.1) is 0 Å². The maximum absolute atomic E-state index is 13.2. The van der Waals surface area contributed by atoms with Crippen molar-refractivity contribution in [1.82, 2.24) is 14.5 Å². The zero-order valence-electron chi connectivity index (χ0n) is 16.9. The Labute approximate surface area is 174 Å². The van der Waals surface area contributed by atoms with Crippen LogP contribution < -0.4 is 4.74 Å². The summed E-state index contributed by atoms with van der Waals surface area (Å²) in [5.74, 6) is 0.162. The molecule has 0 bridgehead atoms. The Bertz CT molecular complexity index is 1040. The molecule has 0 N–H and O–H groups in total. The second-order valence-electron chi connectivity index (χ2n) is 7.16. The molecule has 1 unspecified atom stereocenters. The first-order valence-electron chi connectivity index (χ1n) is 9.70. The molecule has 1 atom stereocenters. The fourth-order valence-corrected chi connectivity index (χ4v) is 3.74. The Morgan fingerprint density at radius 3 is 2.47 bits per heavy atom. The third-order valence-electron chi connectivity index (χ3n) is 5.38. The van der Waals surface area contributed by atoms with E-state index < -0.39 is 12.0 Å². The van der Waals surface area contributed by atoms with E-state index >= 15 is 0 Å². The molecule has 0 spiro atoms. The smallest absolute Gasteiger partial charge is 0.329 e. The topological polar surface area (TPSA) is 73.7 Å². The van der Waals surface area contributed by atoms with Crippen LogP contribution in [0.1, 0.15) is 27.3 Å². The number of ether oxygens (including phenoxy) is 2. The lowest BCUT2D eigenvalue weighted by Gasteiger charge is -2.34. The molecule has 0 saturated heterocycles. The summed E-state index contributed by atoms with van der Waals surface area (Å²) in [6.45, 7) is 0.904. The minimum Gasteiger partial charge on any atom is -0.497 e. The quantitative estimate of drug-likeness (QED) is 0.610. The Kier molecular flexibility index (Phi) is 5.52. The van der Waals surface area contributed by atoms with Gasteiger partial charge in [-0.25, -0.2) is 9.78 Å². The van der Waals surface area contributed by atoms with E-state index in [1.54, 1.807) is 30.5 Å². The average molecular weight is 405 g/mol. The van der Waals surface area contributed by atoms with Crippen LogP contribution in [0.15, 0.2) is 60.9 Å². The Morgan fingerprint density at radius 1 is 1.07 bits per heavy atom. The van der Waals surface area contributed by atoms with Crippen LogP contribution in [0.2, 0.25) is 0 Å². The molecule has 1 aliphatic rings. The van der Waals surface area contributed by atoms with Crippen LogP contribution >= 0.6 is 0 Å². The number of imidazole rings is 1. The van der Waals surface area contributed by atoms with Crippen molar-refractivity contribution in [2.24, 2.45) is 0 Å². The Hall–Kier alpha value is -3.61. The molecule has 154 valence electrons. The first-order chi connectivity index (χ1) is 14.6. The van der Waals surface area contributed by atoms with Gasteiger partial charge in [-0.05, 0) is 29.8 Å². The van der Waals surface area contributed by atoms with Gasteiger partial charge >= 0.3 is 5.97 Å². The molecule has 1 amide bonds. The van der Waals surface area contributed by atoms with Crippen molar-refractivity contribution in [2.75, 3.05) is 14.2 Å². The van der Waals surface area contributed by atoms with E-state index in [2.05, 4.69) is 4.98 Å². The number of esters is 1. The number of amides is 1. The number of nitrogens with zero attached hydrogens (tertiary/aromatic N) is 3. The number of hydrogen-bond donors (Lipinski definition) is 0. The van der Waals surface area contributed by atoms with Gasteiger partial charge in [-0.2, -0.15) is 0 Å². The van der Waals surface area contributed by atoms with Crippen LogP contribution in [0.5, 0.6) is 5.75 Å². The fraction of sp³-hybridized carbons (Fsp3) is 0.261. The molecule has 0 aliphatic carbocycles. The van der Waals surface area contributed by atoms with Crippen molar-refractivity contribution in [3.8, 4) is 5.75 Å². The fourth-order valence-electron chi connectivity index (χ4n) is 3.74. The van der Waals surface area contributed by atoms with E-state index in [1.165, 1.54) is 7.11 Å². The normalized spacial score (nSPS) is 15.4. The minimum absolute atomic E-state index is 0.200. The predicted octanol–water partition coefficient (Wildman–Crippen LogP) is 2.68. The second-order valence-corrected chi connectivity index (χ2v) is 7.16. The van der Waals surface area contributed by atoms with Crippen LogP contribution in [0.4, 0.5) is 0 Å². The van der Waals surface area contributed by atoms with Crippen LogP contribution in [0, 0.1) is 0 Å². The van der Waals surface area contributed by atoms with Crippen molar-refractivity contribution in [1.29, 1.82) is 0 Å².